The molecule has 4 nitrogen and oxygen atoms in total. The summed E-state index contributed by atoms with van der Waals surface area (Å²) < 4.78 is 12.2. The Kier molecular flexibility index (Phi) is 5.47. The molecule has 2 aromatic carbocycles. The minimum atomic E-state index is -0.266. The average molecular weight is 429 g/mol. The Bertz CT molecular complexity index is 717. The van der Waals surface area contributed by atoms with Gasteiger partial charge in [-0.25, -0.2) is 0 Å². The van der Waals surface area contributed by atoms with Crippen LogP contribution in [0.4, 0.5) is 5.69 Å². The third-order valence-corrected chi connectivity index (χ3v) is 4.60. The second-order valence-electron chi connectivity index (χ2n) is 4.61. The molecule has 0 fully saturated rings. The van der Waals surface area contributed by atoms with Crippen molar-refractivity contribution in [2.45, 2.75) is 6.92 Å². The molecule has 0 aromatic heterocycles. The number of anilines is 1. The van der Waals surface area contributed by atoms with Gasteiger partial charge in [0.05, 0.1) is 24.3 Å². The van der Waals surface area contributed by atoms with Crippen molar-refractivity contribution in [3.8, 4) is 11.5 Å². The van der Waals surface area contributed by atoms with E-state index < -0.39 is 0 Å². The van der Waals surface area contributed by atoms with Crippen molar-refractivity contribution in [1.82, 2.24) is 0 Å². The number of benzene rings is 2. The zero-order chi connectivity index (χ0) is 16.3. The highest BCUT2D eigenvalue weighted by Crippen LogP contribution is 2.34. The molecule has 0 aliphatic rings. The lowest BCUT2D eigenvalue weighted by Crippen LogP contribution is -2.13. The molecule has 0 radical (unpaired) electrons. The molecule has 0 aliphatic carbocycles. The maximum Gasteiger partial charge on any atom is 0.259 e. The third-order valence-electron chi connectivity index (χ3n) is 3.12. The number of nitrogens with one attached hydrogen (secondary N) is 1. The summed E-state index contributed by atoms with van der Waals surface area (Å²) in [6.45, 7) is 1.96. The molecule has 6 heteroatoms. The molecule has 0 unspecified atom stereocenters. The van der Waals surface area contributed by atoms with Crippen molar-refractivity contribution in [1.29, 1.82) is 0 Å². The SMILES string of the molecule is COc1cc(Br)c(OC)c(C(=O)Nc2ccc(Br)c(C)c2)c1. The van der Waals surface area contributed by atoms with E-state index >= 15 is 0 Å². The smallest absolute Gasteiger partial charge is 0.259 e. The topological polar surface area (TPSA) is 47.6 Å². The summed E-state index contributed by atoms with van der Waals surface area (Å²) in [5, 5.41) is 2.86. The quantitative estimate of drug-likeness (QED) is 0.761. The number of aryl methyl sites for hydroxylation is 1. The first-order valence-corrected chi connectivity index (χ1v) is 8.04. The first kappa shape index (κ1) is 16.8. The van der Waals surface area contributed by atoms with Crippen LogP contribution in [-0.2, 0) is 0 Å². The predicted molar refractivity (Wildman–Crippen MR) is 94.1 cm³/mol. The lowest BCUT2D eigenvalue weighted by atomic mass is 10.1. The molecule has 0 atom stereocenters. The molecular formula is C16H15Br2NO3. The van der Waals surface area contributed by atoms with E-state index in [0.717, 1.165) is 10.0 Å². The first-order chi connectivity index (χ1) is 10.5. The number of carbonyl (C=O) groups excluding carboxylic acids is 1. The largest absolute Gasteiger partial charge is 0.497 e. The Hall–Kier alpha value is -1.53. The summed E-state index contributed by atoms with van der Waals surface area (Å²) in [6.07, 6.45) is 0. The van der Waals surface area contributed by atoms with E-state index in [9.17, 15) is 4.79 Å². The molecule has 0 heterocycles. The highest BCUT2D eigenvalue weighted by molar-refractivity contribution is 9.10. The molecule has 0 aliphatic heterocycles. The van der Waals surface area contributed by atoms with Gasteiger partial charge >= 0.3 is 0 Å². The fourth-order valence-corrected chi connectivity index (χ4v) is 2.83. The molecule has 2 rings (SSSR count). The van der Waals surface area contributed by atoms with Crippen LogP contribution in [0.5, 0.6) is 11.5 Å². The lowest BCUT2D eigenvalue weighted by molar-refractivity contribution is 0.102. The Morgan fingerprint density at radius 1 is 1.05 bits per heavy atom. The van der Waals surface area contributed by atoms with Gasteiger partial charge in [0.25, 0.3) is 5.91 Å². The maximum atomic E-state index is 12.5. The van der Waals surface area contributed by atoms with Crippen LogP contribution in [-0.4, -0.2) is 20.1 Å². The Morgan fingerprint density at radius 3 is 2.36 bits per heavy atom. The van der Waals surface area contributed by atoms with Gasteiger partial charge in [-0.05, 0) is 58.7 Å². The van der Waals surface area contributed by atoms with E-state index in [4.69, 9.17) is 9.47 Å². The third kappa shape index (κ3) is 3.62. The number of carbonyl (C=O) groups is 1. The molecule has 1 amide bonds. The van der Waals surface area contributed by atoms with Gasteiger partial charge in [-0.1, -0.05) is 15.9 Å². The van der Waals surface area contributed by atoms with Crippen LogP contribution in [0.25, 0.3) is 0 Å². The monoisotopic (exact) mass is 427 g/mol. The van der Waals surface area contributed by atoms with Gasteiger partial charge in [0.1, 0.15) is 11.5 Å². The normalized spacial score (nSPS) is 10.2. The minimum absolute atomic E-state index is 0.266. The van der Waals surface area contributed by atoms with Gasteiger partial charge in [-0.15, -0.1) is 0 Å². The van der Waals surface area contributed by atoms with Crippen molar-refractivity contribution < 1.29 is 14.3 Å². The lowest BCUT2D eigenvalue weighted by Gasteiger charge is -2.13. The molecule has 0 saturated heterocycles. The van der Waals surface area contributed by atoms with Crippen molar-refractivity contribution in [3.63, 3.8) is 0 Å². The summed E-state index contributed by atoms with van der Waals surface area (Å²) >= 11 is 6.82. The van der Waals surface area contributed by atoms with Crippen LogP contribution in [0, 0.1) is 6.92 Å². The fraction of sp³-hybridized carbons (Fsp3) is 0.188. The molecule has 0 bridgehead atoms. The van der Waals surface area contributed by atoms with Crippen LogP contribution in [0.2, 0.25) is 0 Å². The second-order valence-corrected chi connectivity index (χ2v) is 6.32. The highest BCUT2D eigenvalue weighted by Gasteiger charge is 2.17. The van der Waals surface area contributed by atoms with Crippen LogP contribution < -0.4 is 14.8 Å². The van der Waals surface area contributed by atoms with Crippen molar-refractivity contribution in [2.24, 2.45) is 0 Å². The van der Waals surface area contributed by atoms with E-state index in [1.54, 1.807) is 19.2 Å². The van der Waals surface area contributed by atoms with Crippen LogP contribution in [0.15, 0.2) is 39.3 Å². The summed E-state index contributed by atoms with van der Waals surface area (Å²) in [5.74, 6) is 0.773. The molecular weight excluding hydrogens is 414 g/mol. The molecule has 2 aromatic rings. The van der Waals surface area contributed by atoms with E-state index in [-0.39, 0.29) is 5.91 Å². The van der Waals surface area contributed by atoms with E-state index in [1.165, 1.54) is 7.11 Å². The number of halogens is 2. The first-order valence-electron chi connectivity index (χ1n) is 6.45. The van der Waals surface area contributed by atoms with Crippen LogP contribution in [0.3, 0.4) is 0 Å². The fourth-order valence-electron chi connectivity index (χ4n) is 1.98. The Morgan fingerprint density at radius 2 is 1.77 bits per heavy atom. The zero-order valence-electron chi connectivity index (χ0n) is 12.4. The number of methoxy groups -OCH3 is 2. The molecule has 0 spiro atoms. The van der Waals surface area contributed by atoms with Crippen LogP contribution in [0.1, 0.15) is 15.9 Å². The second kappa shape index (κ2) is 7.15. The van der Waals surface area contributed by atoms with Crippen molar-refractivity contribution >= 4 is 43.5 Å². The van der Waals surface area contributed by atoms with Crippen molar-refractivity contribution in [3.05, 3.63) is 50.4 Å². The van der Waals surface area contributed by atoms with E-state index in [0.29, 0.717) is 27.2 Å². The summed E-state index contributed by atoms with van der Waals surface area (Å²) in [7, 11) is 3.07. The van der Waals surface area contributed by atoms with Gasteiger partial charge in [0, 0.05) is 10.2 Å². The summed E-state index contributed by atoms with van der Waals surface area (Å²) in [6, 6.07) is 9.01. The van der Waals surface area contributed by atoms with Gasteiger partial charge in [0.2, 0.25) is 0 Å². The van der Waals surface area contributed by atoms with Gasteiger partial charge in [-0.3, -0.25) is 4.79 Å². The molecule has 1 N–H and O–H groups in total. The number of amides is 1. The number of hydrogen-bond acceptors (Lipinski definition) is 3. The Labute approximate surface area is 146 Å². The zero-order valence-corrected chi connectivity index (χ0v) is 15.5. The number of ether oxygens (including phenoxy) is 2. The molecule has 0 saturated carbocycles. The maximum absolute atomic E-state index is 12.5. The van der Waals surface area contributed by atoms with E-state index in [2.05, 4.69) is 37.2 Å². The standard InChI is InChI=1S/C16H15Br2NO3/c1-9-6-10(4-5-13(9)17)19-16(20)12-7-11(21-2)8-14(18)15(12)22-3/h4-8H,1-3H3,(H,19,20). The van der Waals surface area contributed by atoms with Gasteiger partial charge in [-0.2, -0.15) is 0 Å². The molecule has 22 heavy (non-hydrogen) atoms. The number of rotatable bonds is 4. The van der Waals surface area contributed by atoms with Gasteiger partial charge in [0.15, 0.2) is 0 Å². The molecule has 116 valence electrons. The summed E-state index contributed by atoms with van der Waals surface area (Å²) in [5.41, 5.74) is 2.15. The van der Waals surface area contributed by atoms with Gasteiger partial charge < -0.3 is 14.8 Å². The number of hydrogen-bond donors (Lipinski definition) is 1. The Balaban J connectivity index is 2.36. The minimum Gasteiger partial charge on any atom is -0.497 e. The highest BCUT2D eigenvalue weighted by atomic mass is 79.9. The van der Waals surface area contributed by atoms with Crippen molar-refractivity contribution in [2.75, 3.05) is 19.5 Å². The summed E-state index contributed by atoms with van der Waals surface area (Å²) in [4.78, 5) is 12.5. The average Bonchev–Trinajstić information content (AvgIpc) is 2.50. The predicted octanol–water partition coefficient (Wildman–Crippen LogP) is 4.79. The van der Waals surface area contributed by atoms with Crippen LogP contribution >= 0.6 is 31.9 Å². The van der Waals surface area contributed by atoms with E-state index in [1.807, 2.05) is 25.1 Å².